The van der Waals surface area contributed by atoms with E-state index in [1.165, 1.54) is 11.6 Å². The van der Waals surface area contributed by atoms with Crippen molar-refractivity contribution in [1.82, 2.24) is 0 Å². The molecule has 0 atom stereocenters. The minimum Gasteiger partial charge on any atom is -0.373 e. The van der Waals surface area contributed by atoms with Gasteiger partial charge >= 0.3 is 0 Å². The van der Waals surface area contributed by atoms with E-state index in [1.807, 2.05) is 24.3 Å². The smallest absolute Gasteiger partial charge is 0.127 e. The van der Waals surface area contributed by atoms with Gasteiger partial charge in [-0.05, 0) is 36.5 Å². The molecule has 2 aromatic carbocycles. The minimum absolute atomic E-state index is 0.120. The van der Waals surface area contributed by atoms with Gasteiger partial charge in [-0.25, -0.2) is 4.39 Å². The quantitative estimate of drug-likeness (QED) is 0.760. The fraction of sp³-hybridized carbons (Fsp3) is 0.294. The Morgan fingerprint density at radius 3 is 2.50 bits per heavy atom. The molecule has 0 bridgehead atoms. The van der Waals surface area contributed by atoms with Gasteiger partial charge in [-0.3, -0.25) is 0 Å². The van der Waals surface area contributed by atoms with Crippen LogP contribution in [0.3, 0.4) is 0 Å². The molecular formula is C17H16BrFO. The van der Waals surface area contributed by atoms with E-state index >= 15 is 0 Å². The Morgan fingerprint density at radius 1 is 1.05 bits per heavy atom. The Morgan fingerprint density at radius 2 is 1.80 bits per heavy atom. The standard InChI is InChI=1S/C17H16BrFO/c18-15-7-4-8-16(19)17(15)13-9-14(10-13)20-11-12-5-2-1-3-6-12/h1-8,13-14H,9-11H2. The molecule has 3 rings (SSSR count). The molecule has 0 N–H and O–H groups in total. The van der Waals surface area contributed by atoms with Crippen LogP contribution in [0.4, 0.5) is 4.39 Å². The van der Waals surface area contributed by atoms with Crippen molar-refractivity contribution in [1.29, 1.82) is 0 Å². The molecule has 1 nitrogen and oxygen atoms in total. The van der Waals surface area contributed by atoms with Crippen LogP contribution in [0.1, 0.15) is 29.9 Å². The summed E-state index contributed by atoms with van der Waals surface area (Å²) >= 11 is 3.44. The number of benzene rings is 2. The van der Waals surface area contributed by atoms with E-state index in [0.29, 0.717) is 6.61 Å². The maximum Gasteiger partial charge on any atom is 0.127 e. The highest BCUT2D eigenvalue weighted by Gasteiger charge is 2.33. The monoisotopic (exact) mass is 334 g/mol. The van der Waals surface area contributed by atoms with E-state index in [-0.39, 0.29) is 17.8 Å². The number of ether oxygens (including phenoxy) is 1. The Balaban J connectivity index is 1.54. The first-order chi connectivity index (χ1) is 9.74. The van der Waals surface area contributed by atoms with E-state index in [2.05, 4.69) is 28.1 Å². The van der Waals surface area contributed by atoms with Gasteiger partial charge in [0.1, 0.15) is 5.82 Å². The summed E-state index contributed by atoms with van der Waals surface area (Å²) in [6, 6.07) is 15.3. The molecule has 1 aliphatic rings. The molecule has 0 saturated heterocycles. The Bertz CT molecular complexity index is 559. The van der Waals surface area contributed by atoms with Gasteiger partial charge in [0.15, 0.2) is 0 Å². The van der Waals surface area contributed by atoms with Crippen LogP contribution in [0.15, 0.2) is 53.0 Å². The SMILES string of the molecule is Fc1cccc(Br)c1C1CC(OCc2ccccc2)C1. The van der Waals surface area contributed by atoms with Crippen molar-refractivity contribution in [2.24, 2.45) is 0 Å². The van der Waals surface area contributed by atoms with Gasteiger partial charge in [0.25, 0.3) is 0 Å². The third kappa shape index (κ3) is 2.94. The molecule has 2 aromatic rings. The van der Waals surface area contributed by atoms with Gasteiger partial charge in [0.05, 0.1) is 12.7 Å². The van der Waals surface area contributed by atoms with Gasteiger partial charge < -0.3 is 4.74 Å². The van der Waals surface area contributed by atoms with Crippen LogP contribution in [0.5, 0.6) is 0 Å². The average Bonchev–Trinajstić information content (AvgIpc) is 2.41. The highest BCUT2D eigenvalue weighted by atomic mass is 79.9. The van der Waals surface area contributed by atoms with Crippen LogP contribution >= 0.6 is 15.9 Å². The van der Waals surface area contributed by atoms with E-state index in [9.17, 15) is 4.39 Å². The first-order valence-electron chi connectivity index (χ1n) is 6.83. The van der Waals surface area contributed by atoms with Crippen molar-refractivity contribution >= 4 is 15.9 Å². The average molecular weight is 335 g/mol. The van der Waals surface area contributed by atoms with Crippen molar-refractivity contribution in [3.05, 3.63) is 69.9 Å². The predicted octanol–water partition coefficient (Wildman–Crippen LogP) is 5.05. The highest BCUT2D eigenvalue weighted by molar-refractivity contribution is 9.10. The minimum atomic E-state index is -0.120. The maximum absolute atomic E-state index is 13.8. The summed E-state index contributed by atoms with van der Waals surface area (Å²) in [6.45, 7) is 0.636. The molecule has 0 amide bonds. The van der Waals surface area contributed by atoms with E-state index in [1.54, 1.807) is 6.07 Å². The molecule has 20 heavy (non-hydrogen) atoms. The van der Waals surface area contributed by atoms with Gasteiger partial charge in [0.2, 0.25) is 0 Å². The lowest BCUT2D eigenvalue weighted by atomic mass is 9.77. The van der Waals surface area contributed by atoms with Crippen molar-refractivity contribution in [2.45, 2.75) is 31.5 Å². The molecule has 1 aliphatic carbocycles. The Kier molecular flexibility index (Phi) is 4.18. The van der Waals surface area contributed by atoms with E-state index in [0.717, 1.165) is 22.9 Å². The molecule has 0 unspecified atom stereocenters. The van der Waals surface area contributed by atoms with Gasteiger partial charge in [-0.15, -0.1) is 0 Å². The molecule has 0 spiro atoms. The molecule has 104 valence electrons. The van der Waals surface area contributed by atoms with Crippen LogP contribution < -0.4 is 0 Å². The molecule has 0 aromatic heterocycles. The topological polar surface area (TPSA) is 9.23 Å². The van der Waals surface area contributed by atoms with Crippen LogP contribution in [-0.4, -0.2) is 6.10 Å². The molecular weight excluding hydrogens is 319 g/mol. The summed E-state index contributed by atoms with van der Waals surface area (Å²) in [5, 5.41) is 0. The lowest BCUT2D eigenvalue weighted by Gasteiger charge is -2.36. The number of hydrogen-bond acceptors (Lipinski definition) is 1. The molecule has 1 saturated carbocycles. The molecule has 0 aliphatic heterocycles. The Labute approximate surface area is 126 Å². The number of halogens is 2. The van der Waals surface area contributed by atoms with Crippen molar-refractivity contribution in [2.75, 3.05) is 0 Å². The van der Waals surface area contributed by atoms with E-state index in [4.69, 9.17) is 4.74 Å². The van der Waals surface area contributed by atoms with Crippen molar-refractivity contribution < 1.29 is 9.13 Å². The van der Waals surface area contributed by atoms with Crippen LogP contribution in [0, 0.1) is 5.82 Å². The molecule has 0 radical (unpaired) electrons. The second kappa shape index (κ2) is 6.06. The van der Waals surface area contributed by atoms with Gasteiger partial charge in [-0.1, -0.05) is 52.3 Å². The largest absolute Gasteiger partial charge is 0.373 e. The predicted molar refractivity (Wildman–Crippen MR) is 81.1 cm³/mol. The normalized spacial score (nSPS) is 21.5. The number of rotatable bonds is 4. The van der Waals surface area contributed by atoms with Crippen LogP contribution in [0.25, 0.3) is 0 Å². The first-order valence-corrected chi connectivity index (χ1v) is 7.63. The van der Waals surface area contributed by atoms with Crippen LogP contribution in [0.2, 0.25) is 0 Å². The van der Waals surface area contributed by atoms with Crippen molar-refractivity contribution in [3.63, 3.8) is 0 Å². The first kappa shape index (κ1) is 13.8. The molecule has 1 fully saturated rings. The lowest BCUT2D eigenvalue weighted by Crippen LogP contribution is -2.30. The second-order valence-corrected chi connectivity index (χ2v) is 6.08. The summed E-state index contributed by atoms with van der Waals surface area (Å²) in [7, 11) is 0. The zero-order chi connectivity index (χ0) is 13.9. The van der Waals surface area contributed by atoms with Crippen LogP contribution in [-0.2, 0) is 11.3 Å². The number of hydrogen-bond donors (Lipinski definition) is 0. The third-order valence-corrected chi connectivity index (χ3v) is 4.52. The summed E-state index contributed by atoms with van der Waals surface area (Å²) in [5.41, 5.74) is 1.98. The van der Waals surface area contributed by atoms with E-state index < -0.39 is 0 Å². The zero-order valence-corrected chi connectivity index (χ0v) is 12.6. The fourth-order valence-electron chi connectivity index (χ4n) is 2.63. The maximum atomic E-state index is 13.8. The Hall–Kier alpha value is -1.19. The summed E-state index contributed by atoms with van der Waals surface area (Å²) in [4.78, 5) is 0. The summed E-state index contributed by atoms with van der Waals surface area (Å²) in [6.07, 6.45) is 2.03. The summed E-state index contributed by atoms with van der Waals surface area (Å²) < 4.78 is 20.6. The lowest BCUT2D eigenvalue weighted by molar-refractivity contribution is -0.0214. The third-order valence-electron chi connectivity index (χ3n) is 3.83. The highest BCUT2D eigenvalue weighted by Crippen LogP contribution is 2.42. The van der Waals surface area contributed by atoms with Gasteiger partial charge in [0, 0.05) is 10.0 Å². The molecule has 0 heterocycles. The second-order valence-electron chi connectivity index (χ2n) is 5.22. The van der Waals surface area contributed by atoms with Gasteiger partial charge in [-0.2, -0.15) is 0 Å². The van der Waals surface area contributed by atoms with Crippen molar-refractivity contribution in [3.8, 4) is 0 Å². The summed E-state index contributed by atoms with van der Waals surface area (Å²) in [5.74, 6) is 0.150. The fourth-order valence-corrected chi connectivity index (χ4v) is 3.29. The zero-order valence-electron chi connectivity index (χ0n) is 11.1. The molecule has 3 heteroatoms.